The first kappa shape index (κ1) is 19.4. The monoisotopic (exact) mass is 409 g/mol. The zero-order valence-electron chi connectivity index (χ0n) is 14.6. The highest BCUT2D eigenvalue weighted by molar-refractivity contribution is 7.91. The highest BCUT2D eigenvalue weighted by Crippen LogP contribution is 2.23. The number of hydrogen-bond donors (Lipinski definition) is 2. The van der Waals surface area contributed by atoms with Crippen molar-refractivity contribution in [2.75, 3.05) is 16.8 Å². The molecule has 2 heterocycles. The minimum Gasteiger partial charge on any atom is -0.312 e. The van der Waals surface area contributed by atoms with Crippen molar-refractivity contribution in [3.63, 3.8) is 0 Å². The first-order valence-electron chi connectivity index (χ1n) is 8.41. The van der Waals surface area contributed by atoms with Crippen LogP contribution in [0.15, 0.2) is 28.6 Å². The van der Waals surface area contributed by atoms with E-state index in [1.807, 2.05) is 6.07 Å². The first-order chi connectivity index (χ1) is 12.9. The van der Waals surface area contributed by atoms with Crippen LogP contribution in [0.4, 0.5) is 10.8 Å². The Hall–Kier alpha value is -2.37. The molecule has 9 nitrogen and oxygen atoms in total. The van der Waals surface area contributed by atoms with E-state index < -0.39 is 10.0 Å². The Morgan fingerprint density at radius 2 is 2.15 bits per heavy atom. The van der Waals surface area contributed by atoms with Crippen LogP contribution < -0.4 is 14.9 Å². The van der Waals surface area contributed by atoms with Gasteiger partial charge in [-0.1, -0.05) is 30.4 Å². The molecule has 144 valence electrons. The van der Waals surface area contributed by atoms with Gasteiger partial charge in [0.1, 0.15) is 0 Å². The minimum atomic E-state index is -3.86. The number of amides is 2. The van der Waals surface area contributed by atoms with E-state index in [0.29, 0.717) is 13.0 Å². The third-order valence-electron chi connectivity index (χ3n) is 3.97. The number of nitrogens with one attached hydrogen (secondary N) is 2. The van der Waals surface area contributed by atoms with E-state index in [0.717, 1.165) is 29.0 Å². The molecular formula is C16H19N5O4S2. The SMILES string of the molecule is CCC(=O)Nc1nnc(S(=O)(=O)NCc2cccc(N3CCCC3=O)c2)s1. The lowest BCUT2D eigenvalue weighted by molar-refractivity contribution is -0.117. The number of carbonyl (C=O) groups excluding carboxylic acids is 2. The molecule has 1 fully saturated rings. The van der Waals surface area contributed by atoms with Crippen LogP contribution in [0.1, 0.15) is 31.7 Å². The molecule has 0 unspecified atom stereocenters. The van der Waals surface area contributed by atoms with Crippen LogP contribution in [0.25, 0.3) is 0 Å². The van der Waals surface area contributed by atoms with Gasteiger partial charge in [-0.05, 0) is 24.1 Å². The Kier molecular flexibility index (Phi) is 5.82. The largest absolute Gasteiger partial charge is 0.312 e. The molecule has 1 aromatic carbocycles. The van der Waals surface area contributed by atoms with Crippen molar-refractivity contribution in [3.8, 4) is 0 Å². The molecule has 0 spiro atoms. The Balaban J connectivity index is 1.67. The molecule has 2 amide bonds. The standard InChI is InChI=1S/C16H19N5O4S2/c1-2-13(22)18-15-19-20-16(26-15)27(24,25)17-10-11-5-3-6-12(9-11)21-8-4-7-14(21)23/h3,5-6,9,17H,2,4,7-8,10H2,1H3,(H,18,19,22). The van der Waals surface area contributed by atoms with Gasteiger partial charge in [-0.3, -0.25) is 9.59 Å². The van der Waals surface area contributed by atoms with Crippen LogP contribution >= 0.6 is 11.3 Å². The normalized spacial score (nSPS) is 14.6. The second-order valence-corrected chi connectivity index (χ2v) is 8.84. The zero-order valence-corrected chi connectivity index (χ0v) is 16.3. The number of carbonyl (C=O) groups is 2. The van der Waals surface area contributed by atoms with Crippen molar-refractivity contribution in [1.82, 2.24) is 14.9 Å². The molecular weight excluding hydrogens is 390 g/mol. The van der Waals surface area contributed by atoms with Gasteiger partial charge in [-0.2, -0.15) is 0 Å². The predicted octanol–water partition coefficient (Wildman–Crippen LogP) is 1.49. The molecule has 1 aromatic heterocycles. The van der Waals surface area contributed by atoms with Gasteiger partial charge in [0.15, 0.2) is 0 Å². The molecule has 3 rings (SSSR count). The lowest BCUT2D eigenvalue weighted by atomic mass is 10.2. The van der Waals surface area contributed by atoms with E-state index in [9.17, 15) is 18.0 Å². The Morgan fingerprint density at radius 1 is 1.33 bits per heavy atom. The molecule has 0 radical (unpaired) electrons. The highest BCUT2D eigenvalue weighted by atomic mass is 32.2. The average molecular weight is 409 g/mol. The summed E-state index contributed by atoms with van der Waals surface area (Å²) in [5.74, 6) is -0.195. The zero-order chi connectivity index (χ0) is 19.4. The number of nitrogens with zero attached hydrogens (tertiary/aromatic N) is 3. The molecule has 1 saturated heterocycles. The number of anilines is 2. The van der Waals surface area contributed by atoms with Crippen molar-refractivity contribution in [2.45, 2.75) is 37.1 Å². The summed E-state index contributed by atoms with van der Waals surface area (Å²) in [5.41, 5.74) is 1.48. The summed E-state index contributed by atoms with van der Waals surface area (Å²) in [5, 5.41) is 9.91. The van der Waals surface area contributed by atoms with Gasteiger partial charge in [-0.25, -0.2) is 13.1 Å². The maximum absolute atomic E-state index is 12.4. The smallest absolute Gasteiger partial charge is 0.270 e. The third-order valence-corrected chi connectivity index (χ3v) is 6.57. The topological polar surface area (TPSA) is 121 Å². The van der Waals surface area contributed by atoms with Crippen LogP contribution in [0, 0.1) is 0 Å². The summed E-state index contributed by atoms with van der Waals surface area (Å²) in [7, 11) is -3.86. The van der Waals surface area contributed by atoms with Crippen LogP contribution in [0.5, 0.6) is 0 Å². The summed E-state index contributed by atoms with van der Waals surface area (Å²) in [4.78, 5) is 24.9. The van der Waals surface area contributed by atoms with Gasteiger partial charge in [0.2, 0.25) is 21.3 Å². The second-order valence-electron chi connectivity index (χ2n) is 5.92. The van der Waals surface area contributed by atoms with Crippen LogP contribution in [-0.4, -0.2) is 37.0 Å². The van der Waals surface area contributed by atoms with Gasteiger partial charge in [0.25, 0.3) is 10.0 Å². The van der Waals surface area contributed by atoms with Crippen molar-refractivity contribution in [3.05, 3.63) is 29.8 Å². The van der Waals surface area contributed by atoms with Crippen molar-refractivity contribution < 1.29 is 18.0 Å². The second kappa shape index (κ2) is 8.11. The third kappa shape index (κ3) is 4.67. The summed E-state index contributed by atoms with van der Waals surface area (Å²) in [6.07, 6.45) is 1.62. The van der Waals surface area contributed by atoms with E-state index in [-0.39, 0.29) is 34.3 Å². The molecule has 0 atom stereocenters. The lowest BCUT2D eigenvalue weighted by Crippen LogP contribution is -2.25. The van der Waals surface area contributed by atoms with Crippen molar-refractivity contribution in [2.24, 2.45) is 0 Å². The molecule has 1 aliphatic heterocycles. The minimum absolute atomic E-state index is 0.0500. The Labute approximate surface area is 160 Å². The van der Waals surface area contributed by atoms with E-state index in [1.165, 1.54) is 0 Å². The van der Waals surface area contributed by atoms with E-state index in [1.54, 1.807) is 30.0 Å². The predicted molar refractivity (Wildman–Crippen MR) is 101 cm³/mol. The molecule has 0 saturated carbocycles. The molecule has 2 aromatic rings. The van der Waals surface area contributed by atoms with E-state index in [2.05, 4.69) is 20.2 Å². The van der Waals surface area contributed by atoms with Crippen molar-refractivity contribution in [1.29, 1.82) is 0 Å². The fourth-order valence-corrected chi connectivity index (χ4v) is 4.55. The maximum Gasteiger partial charge on any atom is 0.270 e. The van der Waals surface area contributed by atoms with Crippen molar-refractivity contribution >= 4 is 44.0 Å². The van der Waals surface area contributed by atoms with Gasteiger partial charge >= 0.3 is 0 Å². The molecule has 0 bridgehead atoms. The fourth-order valence-electron chi connectivity index (χ4n) is 2.57. The number of sulfonamides is 1. The summed E-state index contributed by atoms with van der Waals surface area (Å²) >= 11 is 0.785. The first-order valence-corrected chi connectivity index (χ1v) is 10.7. The molecule has 0 aliphatic carbocycles. The van der Waals surface area contributed by atoms with Gasteiger partial charge in [0, 0.05) is 31.6 Å². The quantitative estimate of drug-likeness (QED) is 0.668. The number of aromatic nitrogens is 2. The van der Waals surface area contributed by atoms with Gasteiger partial charge < -0.3 is 10.2 Å². The van der Waals surface area contributed by atoms with E-state index in [4.69, 9.17) is 0 Å². The summed E-state index contributed by atoms with van der Waals surface area (Å²) in [6, 6.07) is 7.18. The number of hydrogen-bond acceptors (Lipinski definition) is 7. The molecule has 1 aliphatic rings. The lowest BCUT2D eigenvalue weighted by Gasteiger charge is -2.16. The molecule has 11 heteroatoms. The number of rotatable bonds is 7. The number of benzene rings is 1. The van der Waals surface area contributed by atoms with Crippen LogP contribution in [0.3, 0.4) is 0 Å². The highest BCUT2D eigenvalue weighted by Gasteiger charge is 2.23. The van der Waals surface area contributed by atoms with Gasteiger partial charge in [-0.15, -0.1) is 10.2 Å². The van der Waals surface area contributed by atoms with Crippen LogP contribution in [-0.2, 0) is 26.2 Å². The van der Waals surface area contributed by atoms with Gasteiger partial charge in [0.05, 0.1) is 0 Å². The van der Waals surface area contributed by atoms with E-state index >= 15 is 0 Å². The molecule has 27 heavy (non-hydrogen) atoms. The maximum atomic E-state index is 12.4. The fraction of sp³-hybridized carbons (Fsp3) is 0.375. The summed E-state index contributed by atoms with van der Waals surface area (Å²) in [6.45, 7) is 2.40. The summed E-state index contributed by atoms with van der Waals surface area (Å²) < 4.78 is 27.0. The Morgan fingerprint density at radius 3 is 2.85 bits per heavy atom. The van der Waals surface area contributed by atoms with Crippen LogP contribution in [0.2, 0.25) is 0 Å². The molecule has 2 N–H and O–H groups in total. The average Bonchev–Trinajstić information content (AvgIpc) is 3.29. The Bertz CT molecular complexity index is 957.